The number of hydrogen-bond acceptors (Lipinski definition) is 5. The fourth-order valence-electron chi connectivity index (χ4n) is 2.60. The van der Waals surface area contributed by atoms with Crippen molar-refractivity contribution in [1.82, 2.24) is 10.2 Å². The highest BCUT2D eigenvalue weighted by Crippen LogP contribution is 2.27. The zero-order chi connectivity index (χ0) is 19.4. The molecule has 2 aromatic carbocycles. The number of rotatable bonds is 6. The molecule has 0 bridgehead atoms. The van der Waals surface area contributed by atoms with E-state index in [2.05, 4.69) is 58.0 Å². The zero-order valence-electron chi connectivity index (χ0n) is 15.3. The topological polar surface area (TPSA) is 68.0 Å². The molecule has 7 heteroatoms. The van der Waals surface area contributed by atoms with Crippen molar-refractivity contribution in [2.24, 2.45) is 0 Å². The number of nitrogens with zero attached hydrogens (tertiary/aromatic N) is 2. The molecule has 0 aliphatic carbocycles. The van der Waals surface area contributed by atoms with E-state index in [0.717, 1.165) is 25.9 Å². The molecule has 1 heterocycles. The highest BCUT2D eigenvalue weighted by atomic mass is 127. The van der Waals surface area contributed by atoms with Gasteiger partial charge in [-0.2, -0.15) is 0 Å². The molecule has 3 aromatic rings. The molecule has 0 fully saturated rings. The molecule has 1 aromatic heterocycles. The zero-order valence-corrected chi connectivity index (χ0v) is 18.3. The van der Waals surface area contributed by atoms with Gasteiger partial charge in [0.1, 0.15) is 0 Å². The number of benzene rings is 2. The molecule has 0 saturated carbocycles. The Morgan fingerprint density at radius 1 is 1.22 bits per heavy atom. The highest BCUT2D eigenvalue weighted by Gasteiger charge is 2.14. The number of thioether (sulfide) groups is 1. The van der Waals surface area contributed by atoms with E-state index in [1.54, 1.807) is 0 Å². The maximum Gasteiger partial charge on any atom is 0.277 e. The van der Waals surface area contributed by atoms with Crippen LogP contribution in [0.1, 0.15) is 30.9 Å². The first kappa shape index (κ1) is 19.9. The normalized spacial score (nSPS) is 11.0. The van der Waals surface area contributed by atoms with Crippen molar-refractivity contribution in [2.75, 3.05) is 11.1 Å². The van der Waals surface area contributed by atoms with E-state index in [1.807, 2.05) is 43.3 Å². The molecule has 0 aliphatic rings. The van der Waals surface area contributed by atoms with Crippen LogP contribution in [0.5, 0.6) is 0 Å². The Labute approximate surface area is 176 Å². The van der Waals surface area contributed by atoms with Crippen LogP contribution in [0.3, 0.4) is 0 Å². The van der Waals surface area contributed by atoms with Crippen LogP contribution in [-0.4, -0.2) is 21.9 Å². The van der Waals surface area contributed by atoms with E-state index in [0.29, 0.717) is 17.0 Å². The van der Waals surface area contributed by atoms with E-state index in [4.69, 9.17) is 4.42 Å². The largest absolute Gasteiger partial charge is 0.411 e. The Kier molecular flexibility index (Phi) is 6.54. The summed E-state index contributed by atoms with van der Waals surface area (Å²) in [7, 11) is 0. The van der Waals surface area contributed by atoms with Gasteiger partial charge >= 0.3 is 0 Å². The van der Waals surface area contributed by atoms with Crippen molar-refractivity contribution >= 4 is 45.9 Å². The predicted octanol–water partition coefficient (Wildman–Crippen LogP) is 5.50. The summed E-state index contributed by atoms with van der Waals surface area (Å²) in [5.41, 5.74) is 3.97. The second-order valence-corrected chi connectivity index (χ2v) is 8.64. The average molecular weight is 493 g/mol. The maximum absolute atomic E-state index is 12.3. The van der Waals surface area contributed by atoms with Crippen LogP contribution < -0.4 is 5.32 Å². The fraction of sp³-hybridized carbons (Fsp3) is 0.250. The molecule has 1 N–H and O–H groups in total. The SMILES string of the molecule is Cc1cccc(-c2nnc(SCC(=O)Nc3ccc(I)cc3C(C)C)o2)c1. The quantitative estimate of drug-likeness (QED) is 0.363. The standard InChI is InChI=1S/C20H20IN3O2S/c1-12(2)16-10-15(21)7-8-17(16)22-18(25)11-27-20-24-23-19(26-20)14-6-4-5-13(3)9-14/h4-10,12H,11H2,1-3H3,(H,22,25). The first-order valence-corrected chi connectivity index (χ1v) is 10.6. The minimum atomic E-state index is -0.0987. The molecule has 5 nitrogen and oxygen atoms in total. The molecule has 140 valence electrons. The summed E-state index contributed by atoms with van der Waals surface area (Å²) in [5, 5.41) is 11.5. The number of nitrogens with one attached hydrogen (secondary N) is 1. The van der Waals surface area contributed by atoms with Gasteiger partial charge < -0.3 is 9.73 Å². The number of carbonyl (C=O) groups excluding carboxylic acids is 1. The summed E-state index contributed by atoms with van der Waals surface area (Å²) in [6, 6.07) is 13.9. The summed E-state index contributed by atoms with van der Waals surface area (Å²) < 4.78 is 6.81. The van der Waals surface area contributed by atoms with Crippen LogP contribution in [0.4, 0.5) is 5.69 Å². The second kappa shape index (κ2) is 8.88. The van der Waals surface area contributed by atoms with Gasteiger partial charge in [-0.1, -0.05) is 43.3 Å². The van der Waals surface area contributed by atoms with Gasteiger partial charge in [-0.25, -0.2) is 0 Å². The molecule has 1 amide bonds. The van der Waals surface area contributed by atoms with Gasteiger partial charge in [-0.15, -0.1) is 10.2 Å². The molecular weight excluding hydrogens is 473 g/mol. The summed E-state index contributed by atoms with van der Waals surface area (Å²) in [6.45, 7) is 6.23. The Bertz CT molecular complexity index is 956. The first-order valence-electron chi connectivity index (χ1n) is 8.55. The molecule has 0 radical (unpaired) electrons. The molecule has 0 aliphatic heterocycles. The van der Waals surface area contributed by atoms with Gasteiger partial charge in [0.05, 0.1) is 5.75 Å². The van der Waals surface area contributed by atoms with Crippen LogP contribution in [0, 0.1) is 10.5 Å². The monoisotopic (exact) mass is 493 g/mol. The van der Waals surface area contributed by atoms with Crippen molar-refractivity contribution in [2.45, 2.75) is 31.9 Å². The number of aromatic nitrogens is 2. The van der Waals surface area contributed by atoms with Crippen molar-refractivity contribution < 1.29 is 9.21 Å². The summed E-state index contributed by atoms with van der Waals surface area (Å²) in [6.07, 6.45) is 0. The summed E-state index contributed by atoms with van der Waals surface area (Å²) in [5.74, 6) is 0.897. The number of hydrogen-bond donors (Lipinski definition) is 1. The van der Waals surface area contributed by atoms with Gasteiger partial charge in [-0.05, 0) is 71.3 Å². The highest BCUT2D eigenvalue weighted by molar-refractivity contribution is 14.1. The summed E-state index contributed by atoms with van der Waals surface area (Å²) >= 11 is 3.51. The molecule has 3 rings (SSSR count). The van der Waals surface area contributed by atoms with Crippen molar-refractivity contribution in [1.29, 1.82) is 0 Å². The maximum atomic E-state index is 12.3. The van der Waals surface area contributed by atoms with Gasteiger partial charge in [-0.3, -0.25) is 4.79 Å². The first-order chi connectivity index (χ1) is 12.9. The van der Waals surface area contributed by atoms with Crippen LogP contribution in [-0.2, 0) is 4.79 Å². The lowest BCUT2D eigenvalue weighted by Gasteiger charge is -2.14. The lowest BCUT2D eigenvalue weighted by atomic mass is 10.0. The van der Waals surface area contributed by atoms with Crippen LogP contribution >= 0.6 is 34.4 Å². The third-order valence-electron chi connectivity index (χ3n) is 3.91. The van der Waals surface area contributed by atoms with E-state index in [9.17, 15) is 4.79 Å². The Morgan fingerprint density at radius 3 is 2.78 bits per heavy atom. The molecule has 27 heavy (non-hydrogen) atoms. The fourth-order valence-corrected chi connectivity index (χ4v) is 3.68. The van der Waals surface area contributed by atoms with E-state index in [1.165, 1.54) is 11.8 Å². The third kappa shape index (κ3) is 5.32. The minimum Gasteiger partial charge on any atom is -0.411 e. The molecule has 0 saturated heterocycles. The van der Waals surface area contributed by atoms with Gasteiger partial charge in [0.25, 0.3) is 5.22 Å². The molecule has 0 spiro atoms. The van der Waals surface area contributed by atoms with Crippen molar-refractivity contribution in [3.8, 4) is 11.5 Å². The van der Waals surface area contributed by atoms with E-state index >= 15 is 0 Å². The second-order valence-electron chi connectivity index (χ2n) is 6.47. The van der Waals surface area contributed by atoms with Crippen molar-refractivity contribution in [3.63, 3.8) is 0 Å². The van der Waals surface area contributed by atoms with Crippen LogP contribution in [0.2, 0.25) is 0 Å². The Balaban J connectivity index is 1.62. The van der Waals surface area contributed by atoms with Crippen LogP contribution in [0.25, 0.3) is 11.5 Å². The van der Waals surface area contributed by atoms with E-state index in [-0.39, 0.29) is 11.7 Å². The number of aryl methyl sites for hydroxylation is 1. The lowest BCUT2D eigenvalue weighted by molar-refractivity contribution is -0.113. The Morgan fingerprint density at radius 2 is 2.04 bits per heavy atom. The number of carbonyl (C=O) groups is 1. The minimum absolute atomic E-state index is 0.0987. The average Bonchev–Trinajstić information content (AvgIpc) is 3.10. The van der Waals surface area contributed by atoms with Gasteiger partial charge in [0, 0.05) is 14.8 Å². The molecule has 0 unspecified atom stereocenters. The predicted molar refractivity (Wildman–Crippen MR) is 117 cm³/mol. The lowest BCUT2D eigenvalue weighted by Crippen LogP contribution is -2.15. The van der Waals surface area contributed by atoms with E-state index < -0.39 is 0 Å². The number of anilines is 1. The van der Waals surface area contributed by atoms with Gasteiger partial charge in [0.2, 0.25) is 11.8 Å². The van der Waals surface area contributed by atoms with Crippen LogP contribution in [0.15, 0.2) is 52.1 Å². The smallest absolute Gasteiger partial charge is 0.277 e. The third-order valence-corrected chi connectivity index (χ3v) is 5.40. The van der Waals surface area contributed by atoms with Crippen molar-refractivity contribution in [3.05, 3.63) is 57.2 Å². The number of halogens is 1. The molecule has 0 atom stereocenters. The number of amides is 1. The summed E-state index contributed by atoms with van der Waals surface area (Å²) in [4.78, 5) is 12.3. The van der Waals surface area contributed by atoms with Gasteiger partial charge in [0.15, 0.2) is 0 Å². The Hall–Kier alpha value is -1.87. The molecular formula is C20H20IN3O2S.